The third-order valence-corrected chi connectivity index (χ3v) is 3.99. The van der Waals surface area contributed by atoms with Crippen molar-refractivity contribution in [1.29, 1.82) is 0 Å². The Morgan fingerprint density at radius 1 is 1.32 bits per heavy atom. The maximum atomic E-state index is 12.7. The van der Waals surface area contributed by atoms with Crippen molar-refractivity contribution in [1.82, 2.24) is 14.9 Å². The molecule has 0 bridgehead atoms. The van der Waals surface area contributed by atoms with Gasteiger partial charge in [-0.1, -0.05) is 32.4 Å². The Kier molecular flexibility index (Phi) is 5.59. The average Bonchev–Trinajstić information content (AvgIpc) is 2.47. The van der Waals surface area contributed by atoms with Crippen LogP contribution in [0.2, 0.25) is 5.02 Å². The van der Waals surface area contributed by atoms with Crippen LogP contribution < -0.4 is 10.9 Å². The predicted octanol–water partition coefficient (Wildman–Crippen LogP) is 3.77. The van der Waals surface area contributed by atoms with Crippen molar-refractivity contribution in [2.75, 3.05) is 6.54 Å². The minimum atomic E-state index is 0.00367. The first kappa shape index (κ1) is 17.0. The van der Waals surface area contributed by atoms with E-state index in [9.17, 15) is 4.79 Å². The summed E-state index contributed by atoms with van der Waals surface area (Å²) in [7, 11) is 0. The molecule has 0 aliphatic heterocycles. The molecular weight excluding hydrogens is 298 g/mol. The second-order valence-corrected chi connectivity index (χ2v) is 6.38. The number of rotatable bonds is 6. The van der Waals surface area contributed by atoms with Crippen LogP contribution >= 0.6 is 11.6 Å². The number of benzene rings is 1. The molecule has 4 nitrogen and oxygen atoms in total. The first-order valence-electron chi connectivity index (χ1n) is 7.91. The first-order chi connectivity index (χ1) is 10.5. The van der Waals surface area contributed by atoms with Gasteiger partial charge in [0.2, 0.25) is 0 Å². The summed E-state index contributed by atoms with van der Waals surface area (Å²) >= 11 is 6.05. The number of hydrogen-bond acceptors (Lipinski definition) is 3. The van der Waals surface area contributed by atoms with Crippen molar-refractivity contribution in [3.05, 3.63) is 39.4 Å². The first-order valence-corrected chi connectivity index (χ1v) is 8.29. The van der Waals surface area contributed by atoms with E-state index in [2.05, 4.69) is 26.1 Å². The van der Waals surface area contributed by atoms with Crippen molar-refractivity contribution < 1.29 is 0 Å². The summed E-state index contributed by atoms with van der Waals surface area (Å²) < 4.78 is 1.76. The molecule has 1 aromatic heterocycles. The molecule has 0 saturated heterocycles. The summed E-state index contributed by atoms with van der Waals surface area (Å²) in [6.07, 6.45) is 0.880. The van der Waals surface area contributed by atoms with Gasteiger partial charge in [-0.15, -0.1) is 0 Å². The Hall–Kier alpha value is -1.39. The molecule has 0 unspecified atom stereocenters. The van der Waals surface area contributed by atoms with Crippen LogP contribution in [0.5, 0.6) is 0 Å². The summed E-state index contributed by atoms with van der Waals surface area (Å²) in [5.74, 6) is 1.34. The van der Waals surface area contributed by atoms with E-state index in [1.165, 1.54) is 0 Å². The maximum Gasteiger partial charge on any atom is 0.261 e. The fourth-order valence-electron chi connectivity index (χ4n) is 2.58. The zero-order valence-electron chi connectivity index (χ0n) is 13.7. The lowest BCUT2D eigenvalue weighted by atomic mass is 10.1. The van der Waals surface area contributed by atoms with Crippen LogP contribution in [0, 0.1) is 5.92 Å². The largest absolute Gasteiger partial charge is 0.307 e. The second kappa shape index (κ2) is 7.25. The number of nitrogens with zero attached hydrogens (tertiary/aromatic N) is 2. The summed E-state index contributed by atoms with van der Waals surface area (Å²) in [6.45, 7) is 9.92. The van der Waals surface area contributed by atoms with Crippen LogP contribution in [0.25, 0.3) is 10.9 Å². The predicted molar refractivity (Wildman–Crippen MR) is 92.6 cm³/mol. The van der Waals surface area contributed by atoms with Crippen molar-refractivity contribution in [2.24, 2.45) is 5.92 Å². The molecule has 0 fully saturated rings. The lowest BCUT2D eigenvalue weighted by Crippen LogP contribution is -2.33. The van der Waals surface area contributed by atoms with E-state index in [-0.39, 0.29) is 11.6 Å². The lowest BCUT2D eigenvalue weighted by Gasteiger charge is -2.22. The molecule has 0 saturated carbocycles. The van der Waals surface area contributed by atoms with Crippen LogP contribution in [-0.2, 0) is 6.54 Å². The molecule has 0 amide bonds. The number of aromatic nitrogens is 2. The van der Waals surface area contributed by atoms with Gasteiger partial charge in [-0.3, -0.25) is 9.36 Å². The maximum absolute atomic E-state index is 12.7. The van der Waals surface area contributed by atoms with Crippen LogP contribution in [0.4, 0.5) is 0 Å². The fraction of sp³-hybridized carbons (Fsp3) is 0.529. The number of hydrogen-bond donors (Lipinski definition) is 1. The molecule has 1 heterocycles. The molecule has 2 aromatic rings. The molecule has 2 rings (SSSR count). The minimum Gasteiger partial charge on any atom is -0.307 e. The lowest BCUT2D eigenvalue weighted by molar-refractivity contribution is 0.430. The summed E-state index contributed by atoms with van der Waals surface area (Å²) in [6, 6.07) is 5.32. The highest BCUT2D eigenvalue weighted by Crippen LogP contribution is 2.19. The number of halogens is 1. The second-order valence-electron chi connectivity index (χ2n) is 5.94. The van der Waals surface area contributed by atoms with Gasteiger partial charge in [0.05, 0.1) is 16.9 Å². The Balaban J connectivity index is 2.57. The SMILES string of the molecule is CC[C@H](NCC(C)C)c1nc2cc(Cl)ccc2c(=O)n1CC. The molecule has 1 aromatic carbocycles. The zero-order valence-corrected chi connectivity index (χ0v) is 14.4. The molecule has 1 atom stereocenters. The Labute approximate surface area is 136 Å². The van der Waals surface area contributed by atoms with Crippen LogP contribution in [-0.4, -0.2) is 16.1 Å². The Morgan fingerprint density at radius 2 is 2.05 bits per heavy atom. The van der Waals surface area contributed by atoms with Gasteiger partial charge in [0.15, 0.2) is 0 Å². The molecule has 22 heavy (non-hydrogen) atoms. The average molecular weight is 322 g/mol. The smallest absolute Gasteiger partial charge is 0.261 e. The van der Waals surface area contributed by atoms with Gasteiger partial charge in [-0.2, -0.15) is 0 Å². The van der Waals surface area contributed by atoms with E-state index in [1.54, 1.807) is 22.8 Å². The van der Waals surface area contributed by atoms with Gasteiger partial charge in [0, 0.05) is 11.6 Å². The van der Waals surface area contributed by atoms with Gasteiger partial charge in [-0.05, 0) is 44.0 Å². The summed E-state index contributed by atoms with van der Waals surface area (Å²) in [5, 5.41) is 4.73. The molecule has 120 valence electrons. The van der Waals surface area contributed by atoms with E-state index in [0.717, 1.165) is 18.8 Å². The normalized spacial score (nSPS) is 13.0. The molecule has 0 aliphatic rings. The van der Waals surface area contributed by atoms with Gasteiger partial charge >= 0.3 is 0 Å². The highest BCUT2D eigenvalue weighted by atomic mass is 35.5. The van der Waals surface area contributed by atoms with E-state index >= 15 is 0 Å². The quantitative estimate of drug-likeness (QED) is 0.881. The monoisotopic (exact) mass is 321 g/mol. The van der Waals surface area contributed by atoms with Crippen LogP contribution in [0.15, 0.2) is 23.0 Å². The van der Waals surface area contributed by atoms with E-state index < -0.39 is 0 Å². The molecular formula is C17H24ClN3O. The third-order valence-electron chi connectivity index (χ3n) is 3.76. The molecule has 1 N–H and O–H groups in total. The van der Waals surface area contributed by atoms with Crippen LogP contribution in [0.3, 0.4) is 0 Å². The fourth-order valence-corrected chi connectivity index (χ4v) is 2.75. The van der Waals surface area contributed by atoms with Gasteiger partial charge in [-0.25, -0.2) is 4.98 Å². The van der Waals surface area contributed by atoms with Gasteiger partial charge < -0.3 is 5.32 Å². The van der Waals surface area contributed by atoms with Crippen molar-refractivity contribution in [3.63, 3.8) is 0 Å². The van der Waals surface area contributed by atoms with Crippen molar-refractivity contribution in [3.8, 4) is 0 Å². The van der Waals surface area contributed by atoms with E-state index in [0.29, 0.717) is 28.4 Å². The number of nitrogens with one attached hydrogen (secondary N) is 1. The van der Waals surface area contributed by atoms with Gasteiger partial charge in [0.25, 0.3) is 5.56 Å². The highest BCUT2D eigenvalue weighted by Gasteiger charge is 2.18. The zero-order chi connectivity index (χ0) is 16.3. The molecule has 0 radical (unpaired) electrons. The highest BCUT2D eigenvalue weighted by molar-refractivity contribution is 6.31. The molecule has 0 spiro atoms. The number of fused-ring (bicyclic) bond motifs is 1. The standard InChI is InChI=1S/C17H24ClN3O/c1-5-14(19-10-11(3)4)16-20-15-9-12(18)7-8-13(15)17(22)21(16)6-2/h7-9,11,14,19H,5-6,10H2,1-4H3/t14-/m0/s1. The van der Waals surface area contributed by atoms with E-state index in [1.807, 2.05) is 6.92 Å². The summed E-state index contributed by atoms with van der Waals surface area (Å²) in [5.41, 5.74) is 0.672. The van der Waals surface area contributed by atoms with Crippen molar-refractivity contribution in [2.45, 2.75) is 46.7 Å². The van der Waals surface area contributed by atoms with Gasteiger partial charge in [0.1, 0.15) is 5.82 Å². The Morgan fingerprint density at radius 3 is 2.64 bits per heavy atom. The minimum absolute atomic E-state index is 0.00367. The van der Waals surface area contributed by atoms with Crippen molar-refractivity contribution >= 4 is 22.5 Å². The summed E-state index contributed by atoms with van der Waals surface area (Å²) in [4.78, 5) is 17.4. The van der Waals surface area contributed by atoms with E-state index in [4.69, 9.17) is 16.6 Å². The molecule has 5 heteroatoms. The molecule has 0 aliphatic carbocycles. The Bertz CT molecular complexity index is 709. The third kappa shape index (κ3) is 3.50. The topological polar surface area (TPSA) is 46.9 Å². The van der Waals surface area contributed by atoms with Crippen LogP contribution in [0.1, 0.15) is 46.0 Å².